The van der Waals surface area contributed by atoms with E-state index in [0.29, 0.717) is 19.3 Å². The van der Waals surface area contributed by atoms with Crippen molar-refractivity contribution in [2.45, 2.75) is 37.8 Å². The van der Waals surface area contributed by atoms with Crippen LogP contribution in [0.5, 0.6) is 0 Å². The number of nitrogens with zero attached hydrogens (tertiary/aromatic N) is 1. The second-order valence-corrected chi connectivity index (χ2v) is 3.48. The van der Waals surface area contributed by atoms with Crippen LogP contribution in [0.1, 0.15) is 25.7 Å². The Labute approximate surface area is 70.7 Å². The van der Waals surface area contributed by atoms with Crippen LogP contribution in [0.15, 0.2) is 0 Å². The van der Waals surface area contributed by atoms with E-state index in [-0.39, 0.29) is 23.9 Å². The summed E-state index contributed by atoms with van der Waals surface area (Å²) in [5, 5.41) is 0. The highest BCUT2D eigenvalue weighted by Crippen LogP contribution is 2.29. The number of carbonyl (C=O) groups is 2. The summed E-state index contributed by atoms with van der Waals surface area (Å²) in [6.45, 7) is 0. The summed E-state index contributed by atoms with van der Waals surface area (Å²) in [6.07, 6.45) is 2.51. The SMILES string of the molecule is NC1CC1N1C(=O)CCCC1=O. The quantitative estimate of drug-likeness (QED) is 0.543. The highest BCUT2D eigenvalue weighted by molar-refractivity contribution is 5.98. The molecule has 0 radical (unpaired) electrons. The molecule has 2 amide bonds. The van der Waals surface area contributed by atoms with Gasteiger partial charge in [-0.15, -0.1) is 0 Å². The van der Waals surface area contributed by atoms with Gasteiger partial charge in [-0.2, -0.15) is 0 Å². The van der Waals surface area contributed by atoms with Gasteiger partial charge in [-0.3, -0.25) is 14.5 Å². The van der Waals surface area contributed by atoms with Crippen LogP contribution in [-0.2, 0) is 9.59 Å². The van der Waals surface area contributed by atoms with Gasteiger partial charge in [-0.05, 0) is 12.8 Å². The number of hydrogen-bond acceptors (Lipinski definition) is 3. The summed E-state index contributed by atoms with van der Waals surface area (Å²) in [6, 6.07) is 0.0568. The monoisotopic (exact) mass is 168 g/mol. The molecule has 66 valence electrons. The minimum atomic E-state index is -0.0378. The molecule has 4 nitrogen and oxygen atoms in total. The number of imide groups is 1. The molecule has 0 spiro atoms. The van der Waals surface area contributed by atoms with E-state index in [1.54, 1.807) is 0 Å². The third-order valence-corrected chi connectivity index (χ3v) is 2.46. The van der Waals surface area contributed by atoms with Crippen molar-refractivity contribution < 1.29 is 9.59 Å². The zero-order valence-corrected chi connectivity index (χ0v) is 6.82. The van der Waals surface area contributed by atoms with Gasteiger partial charge >= 0.3 is 0 Å². The summed E-state index contributed by atoms with van der Waals surface area (Å²) >= 11 is 0. The van der Waals surface area contributed by atoms with Gasteiger partial charge in [0.25, 0.3) is 0 Å². The van der Waals surface area contributed by atoms with E-state index in [0.717, 1.165) is 6.42 Å². The van der Waals surface area contributed by atoms with Crippen molar-refractivity contribution in [2.24, 2.45) is 5.73 Å². The van der Waals surface area contributed by atoms with Crippen LogP contribution in [0.2, 0.25) is 0 Å². The first-order chi connectivity index (χ1) is 5.70. The topological polar surface area (TPSA) is 63.4 Å². The van der Waals surface area contributed by atoms with Crippen LogP contribution in [0.25, 0.3) is 0 Å². The first-order valence-corrected chi connectivity index (χ1v) is 4.30. The first-order valence-electron chi connectivity index (χ1n) is 4.30. The van der Waals surface area contributed by atoms with Crippen molar-refractivity contribution in [3.05, 3.63) is 0 Å². The maximum atomic E-state index is 11.3. The second kappa shape index (κ2) is 2.55. The highest BCUT2D eigenvalue weighted by atomic mass is 16.2. The molecule has 2 rings (SSSR count). The van der Waals surface area contributed by atoms with Crippen molar-refractivity contribution in [3.8, 4) is 0 Å². The van der Waals surface area contributed by atoms with E-state index in [4.69, 9.17) is 5.73 Å². The van der Waals surface area contributed by atoms with E-state index < -0.39 is 0 Å². The molecule has 12 heavy (non-hydrogen) atoms. The lowest BCUT2D eigenvalue weighted by Gasteiger charge is -2.24. The normalized spacial score (nSPS) is 35.6. The van der Waals surface area contributed by atoms with Crippen LogP contribution in [-0.4, -0.2) is 28.8 Å². The zero-order chi connectivity index (χ0) is 8.72. The van der Waals surface area contributed by atoms with Gasteiger partial charge in [0, 0.05) is 18.9 Å². The summed E-state index contributed by atoms with van der Waals surface area (Å²) < 4.78 is 0. The molecule has 1 saturated carbocycles. The Morgan fingerprint density at radius 3 is 2.17 bits per heavy atom. The molecule has 0 aromatic rings. The number of amides is 2. The lowest BCUT2D eigenvalue weighted by Crippen LogP contribution is -2.43. The van der Waals surface area contributed by atoms with Crippen LogP contribution < -0.4 is 5.73 Å². The number of carbonyl (C=O) groups excluding carboxylic acids is 2. The van der Waals surface area contributed by atoms with Crippen molar-refractivity contribution in [2.75, 3.05) is 0 Å². The van der Waals surface area contributed by atoms with Crippen LogP contribution >= 0.6 is 0 Å². The molecule has 1 aliphatic heterocycles. The minimum absolute atomic E-state index is 0.0188. The van der Waals surface area contributed by atoms with Crippen LogP contribution in [0.3, 0.4) is 0 Å². The third-order valence-electron chi connectivity index (χ3n) is 2.46. The van der Waals surface area contributed by atoms with Gasteiger partial charge < -0.3 is 5.73 Å². The predicted molar refractivity (Wildman–Crippen MR) is 42.1 cm³/mol. The summed E-state index contributed by atoms with van der Waals surface area (Å²) in [5.41, 5.74) is 5.58. The van der Waals surface area contributed by atoms with Crippen LogP contribution in [0.4, 0.5) is 0 Å². The molecular weight excluding hydrogens is 156 g/mol. The predicted octanol–water partition coefficient (Wildman–Crippen LogP) is -0.375. The van der Waals surface area contributed by atoms with Crippen molar-refractivity contribution in [1.29, 1.82) is 0 Å². The Morgan fingerprint density at radius 2 is 1.75 bits per heavy atom. The van der Waals surface area contributed by atoms with Gasteiger partial charge in [0.1, 0.15) is 0 Å². The average molecular weight is 168 g/mol. The maximum absolute atomic E-state index is 11.3. The zero-order valence-electron chi connectivity index (χ0n) is 6.82. The highest BCUT2D eigenvalue weighted by Gasteiger charge is 2.45. The fourth-order valence-electron chi connectivity index (χ4n) is 1.64. The Balaban J connectivity index is 2.09. The molecule has 2 aliphatic rings. The van der Waals surface area contributed by atoms with E-state index in [9.17, 15) is 9.59 Å². The lowest BCUT2D eigenvalue weighted by atomic mass is 10.1. The maximum Gasteiger partial charge on any atom is 0.229 e. The molecule has 2 N–H and O–H groups in total. The molecule has 1 saturated heterocycles. The molecule has 1 aliphatic carbocycles. The van der Waals surface area contributed by atoms with E-state index in [1.807, 2.05) is 0 Å². The van der Waals surface area contributed by atoms with E-state index in [1.165, 1.54) is 4.90 Å². The molecule has 2 fully saturated rings. The van der Waals surface area contributed by atoms with Gasteiger partial charge in [-0.1, -0.05) is 0 Å². The number of likely N-dealkylation sites (tertiary alicyclic amines) is 1. The molecule has 0 aromatic heterocycles. The molecule has 1 heterocycles. The fourth-order valence-corrected chi connectivity index (χ4v) is 1.64. The molecule has 2 unspecified atom stereocenters. The Morgan fingerprint density at radius 1 is 1.25 bits per heavy atom. The fraction of sp³-hybridized carbons (Fsp3) is 0.750. The number of nitrogens with two attached hydrogens (primary N) is 1. The summed E-state index contributed by atoms with van der Waals surface area (Å²) in [4.78, 5) is 23.9. The smallest absolute Gasteiger partial charge is 0.229 e. The molecule has 0 bridgehead atoms. The van der Waals surface area contributed by atoms with Crippen molar-refractivity contribution in [1.82, 2.24) is 4.90 Å². The lowest BCUT2D eigenvalue weighted by molar-refractivity contribution is -0.148. The second-order valence-electron chi connectivity index (χ2n) is 3.48. The van der Waals surface area contributed by atoms with Crippen molar-refractivity contribution >= 4 is 11.8 Å². The molecular formula is C8H12N2O2. The van der Waals surface area contributed by atoms with Gasteiger partial charge in [0.2, 0.25) is 11.8 Å². The largest absolute Gasteiger partial charge is 0.326 e. The Bertz CT molecular complexity index is 223. The summed E-state index contributed by atoms with van der Waals surface area (Å²) in [7, 11) is 0. The standard InChI is InChI=1S/C8H12N2O2/c9-5-4-6(5)10-7(11)2-1-3-8(10)12/h5-6H,1-4,9H2. The minimum Gasteiger partial charge on any atom is -0.326 e. The van der Waals surface area contributed by atoms with E-state index in [2.05, 4.69) is 0 Å². The number of piperidine rings is 1. The molecule has 0 aromatic carbocycles. The van der Waals surface area contributed by atoms with Gasteiger partial charge in [0.05, 0.1) is 6.04 Å². The molecule has 2 atom stereocenters. The number of rotatable bonds is 1. The van der Waals surface area contributed by atoms with Crippen molar-refractivity contribution in [3.63, 3.8) is 0 Å². The Kier molecular flexibility index (Phi) is 1.65. The summed E-state index contributed by atoms with van der Waals surface area (Å²) in [5.74, 6) is -0.0756. The van der Waals surface area contributed by atoms with Gasteiger partial charge in [0.15, 0.2) is 0 Å². The average Bonchev–Trinajstić information content (AvgIpc) is 2.67. The first kappa shape index (κ1) is 7.73. The number of hydrogen-bond donors (Lipinski definition) is 1. The van der Waals surface area contributed by atoms with E-state index >= 15 is 0 Å². The third kappa shape index (κ3) is 1.12. The van der Waals surface area contributed by atoms with Crippen LogP contribution in [0, 0.1) is 0 Å². The molecule has 4 heteroatoms. The Hall–Kier alpha value is -0.900. The van der Waals surface area contributed by atoms with Gasteiger partial charge in [-0.25, -0.2) is 0 Å².